The number of ether oxygens (including phenoxy) is 1. The highest BCUT2D eigenvalue weighted by atomic mass is 35.5. The van der Waals surface area contributed by atoms with Gasteiger partial charge in [0.15, 0.2) is 0 Å². The van der Waals surface area contributed by atoms with E-state index in [1.807, 2.05) is 18.2 Å². The number of morpholine rings is 1. The Hall–Kier alpha value is -1.07. The molecule has 1 aromatic heterocycles. The van der Waals surface area contributed by atoms with E-state index in [2.05, 4.69) is 34.6 Å². The first-order valence-electron chi connectivity index (χ1n) is 6.99. The number of nitrogens with one attached hydrogen (secondary N) is 1. The molecule has 2 heterocycles. The van der Waals surface area contributed by atoms with Crippen LogP contribution in [-0.2, 0) is 4.74 Å². The summed E-state index contributed by atoms with van der Waals surface area (Å²) >= 11 is 7.92. The lowest BCUT2D eigenvalue weighted by atomic mass is 10.1. The van der Waals surface area contributed by atoms with Crippen molar-refractivity contribution in [1.29, 1.82) is 0 Å². The molecule has 110 valence electrons. The van der Waals surface area contributed by atoms with Gasteiger partial charge in [-0.3, -0.25) is 0 Å². The standard InChI is InChI=1S/C16H17ClN2OS/c17-13-7-4-8-19-16(13)21-15(12-5-2-1-3-6-12)14-11-18-9-10-20-14/h1-8,14-15,18H,9-11H2/t14-,15-/m0/s1. The second kappa shape index (κ2) is 7.27. The van der Waals surface area contributed by atoms with Gasteiger partial charge in [0.25, 0.3) is 0 Å². The lowest BCUT2D eigenvalue weighted by Gasteiger charge is -2.30. The average Bonchev–Trinajstić information content (AvgIpc) is 2.56. The normalized spacial score (nSPS) is 20.1. The van der Waals surface area contributed by atoms with E-state index in [1.54, 1.807) is 18.0 Å². The van der Waals surface area contributed by atoms with Gasteiger partial charge in [0, 0.05) is 19.3 Å². The highest BCUT2D eigenvalue weighted by Crippen LogP contribution is 2.40. The van der Waals surface area contributed by atoms with Crippen molar-refractivity contribution in [2.45, 2.75) is 16.4 Å². The van der Waals surface area contributed by atoms with E-state index < -0.39 is 0 Å². The molecule has 1 aliphatic rings. The van der Waals surface area contributed by atoms with Crippen LogP contribution >= 0.6 is 23.4 Å². The molecule has 1 aromatic carbocycles. The predicted octanol–water partition coefficient (Wildman–Crippen LogP) is 3.56. The summed E-state index contributed by atoms with van der Waals surface area (Å²) in [6, 6.07) is 14.1. The van der Waals surface area contributed by atoms with Crippen molar-refractivity contribution >= 4 is 23.4 Å². The molecule has 2 aromatic rings. The predicted molar refractivity (Wildman–Crippen MR) is 86.9 cm³/mol. The fourth-order valence-electron chi connectivity index (χ4n) is 2.36. The van der Waals surface area contributed by atoms with E-state index in [9.17, 15) is 0 Å². The molecule has 0 bridgehead atoms. The number of benzene rings is 1. The Labute approximate surface area is 134 Å². The molecule has 0 amide bonds. The fourth-order valence-corrected chi connectivity index (χ4v) is 3.78. The number of hydrogen-bond donors (Lipinski definition) is 1. The van der Waals surface area contributed by atoms with Gasteiger partial charge in [-0.05, 0) is 17.7 Å². The maximum atomic E-state index is 6.25. The Morgan fingerprint density at radius 1 is 1.24 bits per heavy atom. The van der Waals surface area contributed by atoms with Crippen LogP contribution in [-0.4, -0.2) is 30.8 Å². The van der Waals surface area contributed by atoms with Gasteiger partial charge in [-0.25, -0.2) is 4.98 Å². The Morgan fingerprint density at radius 2 is 2.10 bits per heavy atom. The molecule has 2 atom stereocenters. The van der Waals surface area contributed by atoms with Crippen molar-refractivity contribution in [3.05, 3.63) is 59.2 Å². The summed E-state index contributed by atoms with van der Waals surface area (Å²) in [6.45, 7) is 2.49. The molecule has 1 saturated heterocycles. The number of nitrogens with zero attached hydrogens (tertiary/aromatic N) is 1. The minimum Gasteiger partial charge on any atom is -0.374 e. The van der Waals surface area contributed by atoms with Gasteiger partial charge in [0.1, 0.15) is 5.03 Å². The maximum absolute atomic E-state index is 6.25. The van der Waals surface area contributed by atoms with Crippen LogP contribution in [0.15, 0.2) is 53.7 Å². The van der Waals surface area contributed by atoms with Crippen molar-refractivity contribution in [1.82, 2.24) is 10.3 Å². The highest BCUT2D eigenvalue weighted by Gasteiger charge is 2.27. The number of rotatable bonds is 4. The highest BCUT2D eigenvalue weighted by molar-refractivity contribution is 7.99. The minimum atomic E-state index is 0.115. The summed E-state index contributed by atoms with van der Waals surface area (Å²) < 4.78 is 5.95. The van der Waals surface area contributed by atoms with Crippen molar-refractivity contribution in [2.75, 3.05) is 19.7 Å². The first-order chi connectivity index (χ1) is 10.3. The molecule has 0 spiro atoms. The summed E-state index contributed by atoms with van der Waals surface area (Å²) in [7, 11) is 0. The van der Waals surface area contributed by atoms with E-state index >= 15 is 0 Å². The fraction of sp³-hybridized carbons (Fsp3) is 0.312. The smallest absolute Gasteiger partial charge is 0.115 e. The molecule has 5 heteroatoms. The van der Waals surface area contributed by atoms with Gasteiger partial charge in [-0.15, -0.1) is 0 Å². The molecule has 1 N–H and O–H groups in total. The molecule has 1 fully saturated rings. The minimum absolute atomic E-state index is 0.115. The SMILES string of the molecule is Clc1cccnc1S[C@@H](c1ccccc1)[C@@H]1CNCCO1. The van der Waals surface area contributed by atoms with E-state index in [1.165, 1.54) is 5.56 Å². The summed E-state index contributed by atoms with van der Waals surface area (Å²) in [6.07, 6.45) is 1.89. The average molecular weight is 321 g/mol. The van der Waals surface area contributed by atoms with Gasteiger partial charge >= 0.3 is 0 Å². The molecule has 3 nitrogen and oxygen atoms in total. The van der Waals surface area contributed by atoms with Gasteiger partial charge < -0.3 is 10.1 Å². The van der Waals surface area contributed by atoms with E-state index in [-0.39, 0.29) is 11.4 Å². The largest absolute Gasteiger partial charge is 0.374 e. The van der Waals surface area contributed by atoms with Crippen LogP contribution in [0.3, 0.4) is 0 Å². The van der Waals surface area contributed by atoms with Crippen LogP contribution in [0.25, 0.3) is 0 Å². The van der Waals surface area contributed by atoms with Crippen LogP contribution in [0.5, 0.6) is 0 Å². The van der Waals surface area contributed by atoms with Crippen LogP contribution in [0.2, 0.25) is 5.02 Å². The molecule has 1 aliphatic heterocycles. The van der Waals surface area contributed by atoms with E-state index in [0.717, 1.165) is 24.7 Å². The maximum Gasteiger partial charge on any atom is 0.115 e. The zero-order valence-electron chi connectivity index (χ0n) is 11.5. The zero-order valence-corrected chi connectivity index (χ0v) is 13.1. The third-order valence-electron chi connectivity index (χ3n) is 3.39. The molecule has 0 saturated carbocycles. The van der Waals surface area contributed by atoms with Gasteiger partial charge in [0.05, 0.1) is 23.0 Å². The number of aromatic nitrogens is 1. The topological polar surface area (TPSA) is 34.2 Å². The van der Waals surface area contributed by atoms with Gasteiger partial charge in [0.2, 0.25) is 0 Å². The van der Waals surface area contributed by atoms with Crippen LogP contribution in [0.1, 0.15) is 10.8 Å². The van der Waals surface area contributed by atoms with Gasteiger partial charge in [-0.1, -0.05) is 53.7 Å². The number of halogens is 1. The molecular formula is C16H17ClN2OS. The molecular weight excluding hydrogens is 304 g/mol. The molecule has 0 radical (unpaired) electrons. The Kier molecular flexibility index (Phi) is 5.14. The lowest BCUT2D eigenvalue weighted by Crippen LogP contribution is -2.41. The Morgan fingerprint density at radius 3 is 2.81 bits per heavy atom. The monoisotopic (exact) mass is 320 g/mol. The van der Waals surface area contributed by atoms with Crippen molar-refractivity contribution in [3.63, 3.8) is 0 Å². The lowest BCUT2D eigenvalue weighted by molar-refractivity contribution is 0.0273. The molecule has 0 unspecified atom stereocenters. The first kappa shape index (κ1) is 14.9. The van der Waals surface area contributed by atoms with Crippen LogP contribution in [0, 0.1) is 0 Å². The van der Waals surface area contributed by atoms with Crippen molar-refractivity contribution < 1.29 is 4.74 Å². The summed E-state index contributed by atoms with van der Waals surface area (Å²) in [5.41, 5.74) is 1.23. The van der Waals surface area contributed by atoms with Crippen molar-refractivity contribution in [2.24, 2.45) is 0 Å². The Balaban J connectivity index is 1.87. The van der Waals surface area contributed by atoms with Gasteiger partial charge in [-0.2, -0.15) is 0 Å². The summed E-state index contributed by atoms with van der Waals surface area (Å²) in [5.74, 6) is 0. The summed E-state index contributed by atoms with van der Waals surface area (Å²) in [4.78, 5) is 4.39. The number of thioether (sulfide) groups is 1. The number of pyridine rings is 1. The van der Waals surface area contributed by atoms with Crippen LogP contribution in [0.4, 0.5) is 0 Å². The van der Waals surface area contributed by atoms with Crippen molar-refractivity contribution in [3.8, 4) is 0 Å². The Bertz CT molecular complexity index is 575. The van der Waals surface area contributed by atoms with Crippen LogP contribution < -0.4 is 5.32 Å². The molecule has 21 heavy (non-hydrogen) atoms. The third-order valence-corrected chi connectivity index (χ3v) is 5.18. The molecule has 0 aliphatic carbocycles. The first-order valence-corrected chi connectivity index (χ1v) is 8.25. The zero-order chi connectivity index (χ0) is 14.5. The third kappa shape index (κ3) is 3.77. The van der Waals surface area contributed by atoms with E-state index in [0.29, 0.717) is 5.02 Å². The second-order valence-corrected chi connectivity index (χ2v) is 6.39. The molecule has 3 rings (SSSR count). The number of hydrogen-bond acceptors (Lipinski definition) is 4. The second-order valence-electron chi connectivity index (χ2n) is 4.85. The summed E-state index contributed by atoms with van der Waals surface area (Å²) in [5, 5.41) is 5.10. The quantitative estimate of drug-likeness (QED) is 0.874. The van der Waals surface area contributed by atoms with E-state index in [4.69, 9.17) is 16.3 Å².